The lowest BCUT2D eigenvalue weighted by Gasteiger charge is -2.21. The van der Waals surface area contributed by atoms with Crippen LogP contribution >= 0.6 is 0 Å². The van der Waals surface area contributed by atoms with Crippen LogP contribution in [0.25, 0.3) is 0 Å². The van der Waals surface area contributed by atoms with E-state index in [0.717, 1.165) is 0 Å². The second-order valence-electron chi connectivity index (χ2n) is 4.64. The van der Waals surface area contributed by atoms with E-state index in [1.165, 1.54) is 13.8 Å². The van der Waals surface area contributed by atoms with E-state index in [9.17, 15) is 26.3 Å². The molecule has 0 spiro atoms. The van der Waals surface area contributed by atoms with Crippen molar-refractivity contribution in [1.82, 2.24) is 0 Å². The van der Waals surface area contributed by atoms with Crippen molar-refractivity contribution in [2.24, 2.45) is 0 Å². The highest BCUT2D eigenvalue weighted by molar-refractivity contribution is 5.34. The lowest BCUT2D eigenvalue weighted by atomic mass is 10.0. The summed E-state index contributed by atoms with van der Waals surface area (Å²) in [5.74, 6) is 0. The Morgan fingerprint density at radius 3 is 1.73 bits per heavy atom. The van der Waals surface area contributed by atoms with E-state index < -0.39 is 35.9 Å². The van der Waals surface area contributed by atoms with E-state index in [-0.39, 0.29) is 11.6 Å². The summed E-state index contributed by atoms with van der Waals surface area (Å²) in [6.07, 6.45) is -11.5. The summed E-state index contributed by atoms with van der Waals surface area (Å²) in [4.78, 5) is 0. The van der Waals surface area contributed by atoms with Gasteiger partial charge in [-0.2, -0.15) is 26.3 Å². The number of hydrogen-bond acceptors (Lipinski definition) is 2. The number of ether oxygens (including phenoxy) is 2. The SMILES string of the molecule is CCO[C@H](C)OC(C)c1cc(C(F)(F)F)cc(C(F)(F)F)c1. The second kappa shape index (κ2) is 6.87. The zero-order valence-electron chi connectivity index (χ0n) is 12.2. The summed E-state index contributed by atoms with van der Waals surface area (Å²) >= 11 is 0. The van der Waals surface area contributed by atoms with Gasteiger partial charge in [0.15, 0.2) is 6.29 Å². The summed E-state index contributed by atoms with van der Waals surface area (Å²) in [7, 11) is 0. The molecule has 1 unspecified atom stereocenters. The van der Waals surface area contributed by atoms with Gasteiger partial charge in [0.2, 0.25) is 0 Å². The molecule has 8 heteroatoms. The van der Waals surface area contributed by atoms with Crippen molar-refractivity contribution in [1.29, 1.82) is 0 Å². The maximum atomic E-state index is 12.7. The maximum Gasteiger partial charge on any atom is 0.416 e. The molecule has 0 aliphatic rings. The summed E-state index contributed by atoms with van der Waals surface area (Å²) in [5.41, 5.74) is -2.94. The molecule has 0 bridgehead atoms. The maximum absolute atomic E-state index is 12.7. The molecule has 2 nitrogen and oxygen atoms in total. The summed E-state index contributed by atoms with van der Waals surface area (Å²) in [6.45, 7) is 4.88. The van der Waals surface area contributed by atoms with Gasteiger partial charge >= 0.3 is 12.4 Å². The van der Waals surface area contributed by atoms with Gasteiger partial charge in [-0.05, 0) is 44.5 Å². The normalized spacial score (nSPS) is 15.7. The first-order chi connectivity index (χ1) is 9.95. The van der Waals surface area contributed by atoms with Crippen LogP contribution in [0.15, 0.2) is 18.2 Å². The fourth-order valence-electron chi connectivity index (χ4n) is 1.85. The second-order valence-corrected chi connectivity index (χ2v) is 4.64. The van der Waals surface area contributed by atoms with Crippen LogP contribution in [0.1, 0.15) is 43.6 Å². The van der Waals surface area contributed by atoms with Crippen LogP contribution in [0.5, 0.6) is 0 Å². The Hall–Kier alpha value is -1.28. The van der Waals surface area contributed by atoms with Crippen LogP contribution in [-0.2, 0) is 21.8 Å². The molecule has 0 saturated carbocycles. The average Bonchev–Trinajstić information content (AvgIpc) is 2.36. The fraction of sp³-hybridized carbons (Fsp3) is 0.571. The first-order valence-electron chi connectivity index (χ1n) is 6.51. The summed E-state index contributed by atoms with van der Waals surface area (Å²) < 4.78 is 86.8. The van der Waals surface area contributed by atoms with Crippen molar-refractivity contribution in [3.8, 4) is 0 Å². The van der Waals surface area contributed by atoms with E-state index in [1.807, 2.05) is 0 Å². The Balaban J connectivity index is 3.18. The molecule has 0 aromatic heterocycles. The largest absolute Gasteiger partial charge is 0.416 e. The van der Waals surface area contributed by atoms with Crippen molar-refractivity contribution in [2.75, 3.05) is 6.61 Å². The van der Waals surface area contributed by atoms with Crippen molar-refractivity contribution >= 4 is 0 Å². The number of alkyl halides is 6. The lowest BCUT2D eigenvalue weighted by Crippen LogP contribution is -2.17. The molecule has 1 rings (SSSR count). The van der Waals surface area contributed by atoms with E-state index in [0.29, 0.717) is 18.7 Å². The van der Waals surface area contributed by atoms with E-state index in [1.54, 1.807) is 6.92 Å². The molecule has 0 radical (unpaired) electrons. The highest BCUT2D eigenvalue weighted by atomic mass is 19.4. The Labute approximate surface area is 124 Å². The van der Waals surface area contributed by atoms with Gasteiger partial charge in [0.25, 0.3) is 0 Å². The van der Waals surface area contributed by atoms with Crippen LogP contribution in [0.3, 0.4) is 0 Å². The zero-order valence-corrected chi connectivity index (χ0v) is 12.2. The number of benzene rings is 1. The van der Waals surface area contributed by atoms with E-state index in [2.05, 4.69) is 0 Å². The minimum atomic E-state index is -4.87. The van der Waals surface area contributed by atoms with Crippen molar-refractivity contribution in [3.05, 3.63) is 34.9 Å². The molecule has 0 aliphatic heterocycles. The molecule has 0 fully saturated rings. The summed E-state index contributed by atoms with van der Waals surface area (Å²) in [6, 6.07) is 1.39. The molecule has 0 N–H and O–H groups in total. The van der Waals surface area contributed by atoms with Gasteiger partial charge in [-0.15, -0.1) is 0 Å². The van der Waals surface area contributed by atoms with Crippen molar-refractivity contribution in [3.63, 3.8) is 0 Å². The van der Waals surface area contributed by atoms with Gasteiger partial charge in [0.1, 0.15) is 0 Å². The lowest BCUT2D eigenvalue weighted by molar-refractivity contribution is -0.155. The zero-order chi connectivity index (χ0) is 17.1. The topological polar surface area (TPSA) is 18.5 Å². The smallest absolute Gasteiger partial charge is 0.353 e. The monoisotopic (exact) mass is 330 g/mol. The van der Waals surface area contributed by atoms with Gasteiger partial charge in [-0.1, -0.05) is 0 Å². The highest BCUT2D eigenvalue weighted by Gasteiger charge is 2.37. The van der Waals surface area contributed by atoms with Crippen LogP contribution in [0.4, 0.5) is 26.3 Å². The molecule has 1 aromatic carbocycles. The predicted molar refractivity (Wildman–Crippen MR) is 67.0 cm³/mol. The molecule has 1 aromatic rings. The molecule has 0 heterocycles. The minimum Gasteiger partial charge on any atom is -0.353 e. The molecular weight excluding hydrogens is 314 g/mol. The molecule has 0 saturated heterocycles. The molecule has 0 aliphatic carbocycles. The summed E-state index contributed by atoms with van der Waals surface area (Å²) in [5, 5.41) is 0. The van der Waals surface area contributed by atoms with Gasteiger partial charge in [-0.25, -0.2) is 0 Å². The van der Waals surface area contributed by atoms with Gasteiger partial charge in [-0.3, -0.25) is 0 Å². The highest BCUT2D eigenvalue weighted by Crippen LogP contribution is 2.38. The molecule has 0 amide bonds. The van der Waals surface area contributed by atoms with Crippen LogP contribution in [-0.4, -0.2) is 12.9 Å². The number of halogens is 6. The third-order valence-corrected chi connectivity index (χ3v) is 2.88. The standard InChI is InChI=1S/C14H16F6O2/c1-4-21-9(3)22-8(2)10-5-11(13(15,16)17)7-12(6-10)14(18,19)20/h5-9H,4H2,1-3H3/t8?,9-/m0/s1. The van der Waals surface area contributed by atoms with Gasteiger partial charge < -0.3 is 9.47 Å². The third kappa shape index (κ3) is 5.17. The number of rotatable bonds is 5. The van der Waals surface area contributed by atoms with E-state index in [4.69, 9.17) is 9.47 Å². The Morgan fingerprint density at radius 1 is 0.909 bits per heavy atom. The Bertz CT molecular complexity index is 463. The number of hydrogen-bond donors (Lipinski definition) is 0. The van der Waals surface area contributed by atoms with Crippen molar-refractivity contribution < 1.29 is 35.8 Å². The third-order valence-electron chi connectivity index (χ3n) is 2.88. The quantitative estimate of drug-likeness (QED) is 0.547. The Kier molecular flexibility index (Phi) is 5.86. The minimum absolute atomic E-state index is 0.0855. The van der Waals surface area contributed by atoms with Gasteiger partial charge in [0, 0.05) is 6.61 Å². The first kappa shape index (κ1) is 18.8. The van der Waals surface area contributed by atoms with Crippen LogP contribution in [0, 0.1) is 0 Å². The van der Waals surface area contributed by atoms with Crippen LogP contribution < -0.4 is 0 Å². The van der Waals surface area contributed by atoms with E-state index >= 15 is 0 Å². The predicted octanol–water partition coefficient (Wildman–Crippen LogP) is 5.18. The molecule has 22 heavy (non-hydrogen) atoms. The molecule has 2 atom stereocenters. The fourth-order valence-corrected chi connectivity index (χ4v) is 1.85. The first-order valence-corrected chi connectivity index (χ1v) is 6.51. The average molecular weight is 330 g/mol. The Morgan fingerprint density at radius 2 is 1.36 bits per heavy atom. The van der Waals surface area contributed by atoms with Crippen LogP contribution in [0.2, 0.25) is 0 Å². The molecule has 126 valence electrons. The van der Waals surface area contributed by atoms with Gasteiger partial charge in [0.05, 0.1) is 17.2 Å². The molecular formula is C14H16F6O2. The van der Waals surface area contributed by atoms with Crippen molar-refractivity contribution in [2.45, 2.75) is 45.5 Å².